The number of hydrogen-bond donors (Lipinski definition) is 0. The summed E-state index contributed by atoms with van der Waals surface area (Å²) in [6.45, 7) is 3.72. The maximum Gasteiger partial charge on any atom is 0.243 e. The van der Waals surface area contributed by atoms with Gasteiger partial charge in [0.2, 0.25) is 15.9 Å². The van der Waals surface area contributed by atoms with Crippen molar-refractivity contribution in [2.45, 2.75) is 31.2 Å². The quantitative estimate of drug-likeness (QED) is 0.749. The Bertz CT molecular complexity index is 1050. The summed E-state index contributed by atoms with van der Waals surface area (Å²) in [5.41, 5.74) is 2.37. The van der Waals surface area contributed by atoms with Gasteiger partial charge in [-0.25, -0.2) is 8.42 Å². The van der Waals surface area contributed by atoms with Crippen LogP contribution in [0.5, 0.6) is 11.5 Å². The van der Waals surface area contributed by atoms with Gasteiger partial charge in [-0.2, -0.15) is 4.31 Å². The van der Waals surface area contributed by atoms with E-state index in [-0.39, 0.29) is 17.3 Å². The van der Waals surface area contributed by atoms with Crippen LogP contribution in [0.4, 0.5) is 5.69 Å². The molecule has 0 saturated carbocycles. The number of carbonyl (C=O) groups is 1. The van der Waals surface area contributed by atoms with Crippen molar-refractivity contribution in [3.8, 4) is 11.5 Å². The lowest BCUT2D eigenvalue weighted by Crippen LogP contribution is -2.27. The highest BCUT2D eigenvalue weighted by Gasteiger charge is 2.26. The molecule has 2 aliphatic rings. The van der Waals surface area contributed by atoms with E-state index in [1.165, 1.54) is 4.31 Å². The van der Waals surface area contributed by atoms with Gasteiger partial charge < -0.3 is 14.4 Å². The van der Waals surface area contributed by atoms with Crippen LogP contribution < -0.4 is 14.4 Å². The van der Waals surface area contributed by atoms with Gasteiger partial charge in [0.1, 0.15) is 13.2 Å². The number of hydrogen-bond acceptors (Lipinski definition) is 5. The summed E-state index contributed by atoms with van der Waals surface area (Å²) < 4.78 is 38.5. The molecule has 0 aliphatic carbocycles. The van der Waals surface area contributed by atoms with Crippen molar-refractivity contribution in [1.82, 2.24) is 4.31 Å². The largest absolute Gasteiger partial charge is 0.486 e. The van der Waals surface area contributed by atoms with Gasteiger partial charge in [-0.05, 0) is 54.8 Å². The van der Waals surface area contributed by atoms with E-state index < -0.39 is 10.0 Å². The number of aryl methyl sites for hydroxylation is 1. The Labute approximate surface area is 170 Å². The lowest BCUT2D eigenvalue weighted by Gasteiger charge is -2.22. The van der Waals surface area contributed by atoms with Crippen LogP contribution in [0.15, 0.2) is 41.3 Å². The van der Waals surface area contributed by atoms with E-state index in [4.69, 9.17) is 9.47 Å². The summed E-state index contributed by atoms with van der Waals surface area (Å²) in [6, 6.07) is 10.4. The van der Waals surface area contributed by atoms with Crippen LogP contribution >= 0.6 is 0 Å². The molecule has 29 heavy (non-hydrogen) atoms. The second-order valence-corrected chi connectivity index (χ2v) is 9.38. The first-order chi connectivity index (χ1) is 13.9. The van der Waals surface area contributed by atoms with E-state index in [9.17, 15) is 13.2 Å². The third-order valence-electron chi connectivity index (χ3n) is 5.25. The number of benzene rings is 2. The topological polar surface area (TPSA) is 76.2 Å². The van der Waals surface area contributed by atoms with Gasteiger partial charge >= 0.3 is 0 Å². The first-order valence-electron chi connectivity index (χ1n) is 9.62. The predicted molar refractivity (Wildman–Crippen MR) is 109 cm³/mol. The average molecular weight is 416 g/mol. The van der Waals surface area contributed by atoms with E-state index >= 15 is 0 Å². The molecular weight excluding hydrogens is 392 g/mol. The maximum atomic E-state index is 13.1. The zero-order valence-electron chi connectivity index (χ0n) is 16.6. The van der Waals surface area contributed by atoms with Gasteiger partial charge in [0, 0.05) is 32.2 Å². The van der Waals surface area contributed by atoms with Gasteiger partial charge in [-0.1, -0.05) is 6.07 Å². The number of ether oxygens (including phenoxy) is 2. The Hall–Kier alpha value is -2.58. The molecule has 1 fully saturated rings. The first-order valence-corrected chi connectivity index (χ1v) is 11.1. The second-order valence-electron chi connectivity index (χ2n) is 7.34. The molecule has 154 valence electrons. The Kier molecular flexibility index (Phi) is 5.23. The van der Waals surface area contributed by atoms with Crippen molar-refractivity contribution in [2.24, 2.45) is 0 Å². The van der Waals surface area contributed by atoms with E-state index in [2.05, 4.69) is 0 Å². The van der Waals surface area contributed by atoms with Crippen LogP contribution in [0.25, 0.3) is 0 Å². The van der Waals surface area contributed by atoms with Crippen LogP contribution in [0.2, 0.25) is 0 Å². The van der Waals surface area contributed by atoms with Gasteiger partial charge in [0.15, 0.2) is 11.5 Å². The molecule has 0 bridgehead atoms. The molecule has 0 N–H and O–H groups in total. The molecular formula is C21H24N2O5S. The van der Waals surface area contributed by atoms with E-state index in [1.807, 2.05) is 19.1 Å². The van der Waals surface area contributed by atoms with Crippen LogP contribution in [-0.2, 0) is 21.4 Å². The van der Waals surface area contributed by atoms with Crippen molar-refractivity contribution in [1.29, 1.82) is 0 Å². The molecule has 2 aromatic carbocycles. The fourth-order valence-corrected chi connectivity index (χ4v) is 4.95. The molecule has 2 aromatic rings. The standard InChI is InChI=1S/C21H24N2O5S/c1-15-12-17(6-7-18(15)23-9-3-4-21(23)24)29(25,26)22(2)14-16-5-8-19-20(13-16)28-11-10-27-19/h5-8,12-13H,3-4,9-11,14H2,1-2H3. The molecule has 1 amide bonds. The molecule has 0 spiro atoms. The fourth-order valence-electron chi connectivity index (χ4n) is 3.70. The van der Waals surface area contributed by atoms with Crippen molar-refractivity contribution in [2.75, 3.05) is 31.7 Å². The molecule has 2 aliphatic heterocycles. The lowest BCUT2D eigenvalue weighted by atomic mass is 10.2. The minimum atomic E-state index is -3.68. The van der Waals surface area contributed by atoms with Crippen LogP contribution in [-0.4, -0.2) is 45.4 Å². The molecule has 7 nitrogen and oxygen atoms in total. The van der Waals surface area contributed by atoms with E-state index in [0.29, 0.717) is 37.7 Å². The number of sulfonamides is 1. The van der Waals surface area contributed by atoms with E-state index in [1.54, 1.807) is 36.2 Å². The lowest BCUT2D eigenvalue weighted by molar-refractivity contribution is -0.117. The first kappa shape index (κ1) is 19.7. The van der Waals surface area contributed by atoms with Crippen LogP contribution in [0.1, 0.15) is 24.0 Å². The number of amides is 1. The Morgan fingerprint density at radius 3 is 2.52 bits per heavy atom. The third-order valence-corrected chi connectivity index (χ3v) is 7.05. The van der Waals surface area contributed by atoms with Gasteiger partial charge in [-0.3, -0.25) is 4.79 Å². The molecule has 8 heteroatoms. The molecule has 0 radical (unpaired) electrons. The average Bonchev–Trinajstić information content (AvgIpc) is 3.13. The minimum Gasteiger partial charge on any atom is -0.486 e. The SMILES string of the molecule is Cc1cc(S(=O)(=O)N(C)Cc2ccc3c(c2)OCCO3)ccc1N1CCCC1=O. The Morgan fingerprint density at radius 2 is 1.83 bits per heavy atom. The summed E-state index contributed by atoms with van der Waals surface area (Å²) >= 11 is 0. The zero-order valence-corrected chi connectivity index (χ0v) is 17.4. The minimum absolute atomic E-state index is 0.0828. The van der Waals surface area contributed by atoms with Gasteiger partial charge in [-0.15, -0.1) is 0 Å². The highest BCUT2D eigenvalue weighted by atomic mass is 32.2. The van der Waals surface area contributed by atoms with Gasteiger partial charge in [0.05, 0.1) is 4.90 Å². The Balaban J connectivity index is 1.54. The predicted octanol–water partition coefficient (Wildman–Crippen LogP) is 2.71. The Morgan fingerprint density at radius 1 is 1.07 bits per heavy atom. The fraction of sp³-hybridized carbons (Fsp3) is 0.381. The maximum absolute atomic E-state index is 13.1. The van der Waals surface area contributed by atoms with Crippen LogP contribution in [0, 0.1) is 6.92 Å². The summed E-state index contributed by atoms with van der Waals surface area (Å²) in [6.07, 6.45) is 1.37. The highest BCUT2D eigenvalue weighted by Crippen LogP contribution is 2.32. The third kappa shape index (κ3) is 3.82. The number of anilines is 1. The molecule has 1 saturated heterocycles. The van der Waals surface area contributed by atoms with E-state index in [0.717, 1.165) is 23.2 Å². The molecule has 4 rings (SSSR count). The number of fused-ring (bicyclic) bond motifs is 1. The summed E-state index contributed by atoms with van der Waals surface area (Å²) in [5, 5.41) is 0. The van der Waals surface area contributed by atoms with Crippen molar-refractivity contribution >= 4 is 21.6 Å². The number of nitrogens with zero attached hydrogens (tertiary/aromatic N) is 2. The second kappa shape index (κ2) is 7.68. The monoisotopic (exact) mass is 416 g/mol. The summed E-state index contributed by atoms with van der Waals surface area (Å²) in [7, 11) is -2.12. The molecule has 0 atom stereocenters. The molecule has 2 heterocycles. The normalized spacial score (nSPS) is 16.5. The smallest absolute Gasteiger partial charge is 0.243 e. The van der Waals surface area contributed by atoms with Gasteiger partial charge in [0.25, 0.3) is 0 Å². The summed E-state index contributed by atoms with van der Waals surface area (Å²) in [5.74, 6) is 1.39. The van der Waals surface area contributed by atoms with Crippen molar-refractivity contribution < 1.29 is 22.7 Å². The van der Waals surface area contributed by atoms with Crippen molar-refractivity contribution in [3.05, 3.63) is 47.5 Å². The van der Waals surface area contributed by atoms with Crippen LogP contribution in [0.3, 0.4) is 0 Å². The zero-order chi connectivity index (χ0) is 20.6. The summed E-state index contributed by atoms with van der Waals surface area (Å²) in [4.78, 5) is 13.9. The number of carbonyl (C=O) groups excluding carboxylic acids is 1. The number of rotatable bonds is 5. The molecule has 0 unspecified atom stereocenters. The highest BCUT2D eigenvalue weighted by molar-refractivity contribution is 7.89. The van der Waals surface area contributed by atoms with Crippen molar-refractivity contribution in [3.63, 3.8) is 0 Å². The molecule has 0 aromatic heterocycles.